The van der Waals surface area contributed by atoms with Gasteiger partial charge < -0.3 is 10.2 Å². The Hall–Kier alpha value is -0.950. The summed E-state index contributed by atoms with van der Waals surface area (Å²) in [6.45, 7) is -0.628. The standard InChI is InChI=1S/C11H17NO4S/c12-17(15,16)11(6-8-13,7-9-14)10-4-2-1-3-5-10/h1-5,13-14H,6-9H2,(H2,12,15,16). The molecule has 0 radical (unpaired) electrons. The maximum Gasteiger partial charge on any atom is 0.219 e. The fourth-order valence-electron chi connectivity index (χ4n) is 1.97. The summed E-state index contributed by atoms with van der Waals surface area (Å²) < 4.78 is 22.2. The Balaban J connectivity index is 3.35. The zero-order valence-corrected chi connectivity index (χ0v) is 10.2. The molecule has 0 spiro atoms. The summed E-state index contributed by atoms with van der Waals surface area (Å²) in [6.07, 6.45) is -0.0627. The Kier molecular flexibility index (Phi) is 4.64. The van der Waals surface area contributed by atoms with E-state index in [2.05, 4.69) is 0 Å². The van der Waals surface area contributed by atoms with Crippen LogP contribution in [0.4, 0.5) is 0 Å². The van der Waals surface area contributed by atoms with E-state index in [1.54, 1.807) is 30.3 Å². The summed E-state index contributed by atoms with van der Waals surface area (Å²) in [4.78, 5) is 0. The van der Waals surface area contributed by atoms with Crippen molar-refractivity contribution in [2.75, 3.05) is 13.2 Å². The summed E-state index contributed by atoms with van der Waals surface area (Å²) in [5, 5.41) is 23.4. The third kappa shape index (κ3) is 2.84. The minimum absolute atomic E-state index is 0.0313. The van der Waals surface area contributed by atoms with E-state index >= 15 is 0 Å². The van der Waals surface area contributed by atoms with Gasteiger partial charge in [-0.05, 0) is 18.4 Å². The largest absolute Gasteiger partial charge is 0.396 e. The summed E-state index contributed by atoms with van der Waals surface area (Å²) in [7, 11) is -3.92. The summed E-state index contributed by atoms with van der Waals surface area (Å²) >= 11 is 0. The van der Waals surface area contributed by atoms with Gasteiger partial charge >= 0.3 is 0 Å². The van der Waals surface area contributed by atoms with Gasteiger partial charge in [-0.15, -0.1) is 0 Å². The Bertz CT molecular complexity index is 438. The fourth-order valence-corrected chi connectivity index (χ4v) is 3.18. The average Bonchev–Trinajstić information content (AvgIpc) is 2.28. The normalized spacial score (nSPS) is 12.6. The second-order valence-electron chi connectivity index (χ2n) is 3.85. The van der Waals surface area contributed by atoms with Gasteiger partial charge in [-0.2, -0.15) is 0 Å². The van der Waals surface area contributed by atoms with Crippen LogP contribution >= 0.6 is 0 Å². The Morgan fingerprint density at radius 1 is 1.06 bits per heavy atom. The van der Waals surface area contributed by atoms with Gasteiger partial charge in [0.1, 0.15) is 4.75 Å². The zero-order chi connectivity index (χ0) is 12.9. The topological polar surface area (TPSA) is 101 Å². The molecule has 0 atom stereocenters. The number of sulfonamides is 1. The molecule has 1 rings (SSSR count). The maximum absolute atomic E-state index is 11.8. The van der Waals surface area contributed by atoms with Gasteiger partial charge in [0.2, 0.25) is 10.0 Å². The molecule has 1 aromatic rings. The maximum atomic E-state index is 11.8. The van der Waals surface area contributed by atoms with Crippen molar-refractivity contribution in [3.05, 3.63) is 35.9 Å². The lowest BCUT2D eigenvalue weighted by Crippen LogP contribution is -2.42. The number of nitrogens with two attached hydrogens (primary N) is 1. The number of hydrogen-bond donors (Lipinski definition) is 3. The Labute approximate surface area is 101 Å². The molecule has 0 saturated heterocycles. The van der Waals surface area contributed by atoms with Crippen LogP contribution in [0.3, 0.4) is 0 Å². The van der Waals surface area contributed by atoms with Gasteiger partial charge in [-0.25, -0.2) is 13.6 Å². The van der Waals surface area contributed by atoms with Crippen molar-refractivity contribution in [2.24, 2.45) is 5.14 Å². The van der Waals surface area contributed by atoms with Gasteiger partial charge in [0.05, 0.1) is 0 Å². The van der Waals surface area contributed by atoms with E-state index < -0.39 is 14.8 Å². The van der Waals surface area contributed by atoms with Crippen molar-refractivity contribution in [2.45, 2.75) is 17.6 Å². The first-order chi connectivity index (χ1) is 7.98. The van der Waals surface area contributed by atoms with E-state index in [1.165, 1.54) is 0 Å². The summed E-state index contributed by atoms with van der Waals surface area (Å²) in [6, 6.07) is 8.43. The van der Waals surface area contributed by atoms with Crippen molar-refractivity contribution in [1.29, 1.82) is 0 Å². The minimum Gasteiger partial charge on any atom is -0.396 e. The summed E-state index contributed by atoms with van der Waals surface area (Å²) in [5.41, 5.74) is 0.491. The molecular formula is C11H17NO4S. The molecule has 0 amide bonds. The van der Waals surface area contributed by atoms with E-state index in [-0.39, 0.29) is 26.1 Å². The molecule has 0 saturated carbocycles. The SMILES string of the molecule is NS(=O)(=O)C(CCO)(CCO)c1ccccc1. The molecule has 0 fully saturated rings. The number of rotatable bonds is 6. The summed E-state index contributed by atoms with van der Waals surface area (Å²) in [5.74, 6) is 0. The minimum atomic E-state index is -3.92. The third-order valence-electron chi connectivity index (χ3n) is 2.88. The van der Waals surface area contributed by atoms with E-state index in [4.69, 9.17) is 15.4 Å². The third-order valence-corrected chi connectivity index (χ3v) is 4.61. The molecule has 0 aliphatic heterocycles. The average molecular weight is 259 g/mol. The molecule has 5 nitrogen and oxygen atoms in total. The second kappa shape index (κ2) is 5.59. The number of aliphatic hydroxyl groups is 2. The quantitative estimate of drug-likeness (QED) is 0.666. The fraction of sp³-hybridized carbons (Fsp3) is 0.455. The molecule has 0 aliphatic carbocycles. The first-order valence-electron chi connectivity index (χ1n) is 5.27. The first kappa shape index (κ1) is 14.1. The number of primary sulfonamides is 1. The number of aliphatic hydroxyl groups excluding tert-OH is 2. The molecule has 4 N–H and O–H groups in total. The van der Waals surface area contributed by atoms with Crippen molar-refractivity contribution in [3.63, 3.8) is 0 Å². The van der Waals surface area contributed by atoms with Gasteiger partial charge in [-0.1, -0.05) is 30.3 Å². The van der Waals surface area contributed by atoms with Crippen LogP contribution in [-0.2, 0) is 14.8 Å². The molecule has 96 valence electrons. The van der Waals surface area contributed by atoms with E-state index in [9.17, 15) is 8.42 Å². The number of hydrogen-bond acceptors (Lipinski definition) is 4. The van der Waals surface area contributed by atoms with Gasteiger partial charge in [0, 0.05) is 13.2 Å². The van der Waals surface area contributed by atoms with Crippen LogP contribution in [0.15, 0.2) is 30.3 Å². The molecule has 17 heavy (non-hydrogen) atoms. The molecule has 0 bridgehead atoms. The van der Waals surface area contributed by atoms with Crippen LogP contribution in [-0.4, -0.2) is 31.8 Å². The predicted octanol–water partition coefficient (Wildman–Crippen LogP) is -0.0648. The highest BCUT2D eigenvalue weighted by Crippen LogP contribution is 2.35. The highest BCUT2D eigenvalue weighted by atomic mass is 32.2. The lowest BCUT2D eigenvalue weighted by Gasteiger charge is -2.30. The van der Waals surface area contributed by atoms with Gasteiger partial charge in [0.25, 0.3) is 0 Å². The van der Waals surface area contributed by atoms with Crippen LogP contribution < -0.4 is 5.14 Å². The molecule has 6 heteroatoms. The van der Waals surface area contributed by atoms with Crippen molar-refractivity contribution < 1.29 is 18.6 Å². The highest BCUT2D eigenvalue weighted by Gasteiger charge is 2.42. The monoisotopic (exact) mass is 259 g/mol. The van der Waals surface area contributed by atoms with Crippen LogP contribution in [0.1, 0.15) is 18.4 Å². The highest BCUT2D eigenvalue weighted by molar-refractivity contribution is 7.90. The molecule has 1 aromatic carbocycles. The second-order valence-corrected chi connectivity index (χ2v) is 5.72. The number of benzene rings is 1. The van der Waals surface area contributed by atoms with Crippen LogP contribution in [0, 0.1) is 0 Å². The lowest BCUT2D eigenvalue weighted by molar-refractivity contribution is 0.225. The molecule has 0 aromatic heterocycles. The zero-order valence-electron chi connectivity index (χ0n) is 9.41. The van der Waals surface area contributed by atoms with E-state index in [0.29, 0.717) is 5.56 Å². The van der Waals surface area contributed by atoms with E-state index in [0.717, 1.165) is 0 Å². The van der Waals surface area contributed by atoms with Crippen molar-refractivity contribution in [1.82, 2.24) is 0 Å². The smallest absolute Gasteiger partial charge is 0.219 e. The van der Waals surface area contributed by atoms with Crippen molar-refractivity contribution in [3.8, 4) is 0 Å². The van der Waals surface area contributed by atoms with Crippen LogP contribution in [0.2, 0.25) is 0 Å². The molecular weight excluding hydrogens is 242 g/mol. The first-order valence-corrected chi connectivity index (χ1v) is 6.82. The molecule has 0 heterocycles. The Morgan fingerprint density at radius 3 is 1.88 bits per heavy atom. The lowest BCUT2D eigenvalue weighted by atomic mass is 9.92. The van der Waals surface area contributed by atoms with Crippen LogP contribution in [0.25, 0.3) is 0 Å². The van der Waals surface area contributed by atoms with Crippen molar-refractivity contribution >= 4 is 10.0 Å². The molecule has 0 aliphatic rings. The predicted molar refractivity (Wildman–Crippen MR) is 64.6 cm³/mol. The Morgan fingerprint density at radius 2 is 1.53 bits per heavy atom. The molecule has 0 unspecified atom stereocenters. The van der Waals surface area contributed by atoms with Gasteiger partial charge in [0.15, 0.2) is 0 Å². The van der Waals surface area contributed by atoms with Crippen LogP contribution in [0.5, 0.6) is 0 Å². The van der Waals surface area contributed by atoms with Gasteiger partial charge in [-0.3, -0.25) is 0 Å². The van der Waals surface area contributed by atoms with E-state index in [1.807, 2.05) is 0 Å².